The summed E-state index contributed by atoms with van der Waals surface area (Å²) >= 11 is 3.29. The zero-order valence-electron chi connectivity index (χ0n) is 29.8. The van der Waals surface area contributed by atoms with Crippen molar-refractivity contribution in [2.45, 2.75) is 32.1 Å². The van der Waals surface area contributed by atoms with E-state index in [9.17, 15) is 9.59 Å². The number of para-hydroxylation sites is 2. The Morgan fingerprint density at radius 1 is 0.564 bits per heavy atom. The number of carboxylic acid groups (broad SMARTS) is 2. The van der Waals surface area contributed by atoms with Crippen LogP contribution in [0.25, 0.3) is 56.2 Å². The van der Waals surface area contributed by atoms with Gasteiger partial charge in [0, 0.05) is 58.2 Å². The average Bonchev–Trinajstić information content (AvgIpc) is 4.03. The number of carbonyl (C=O) groups is 2. The van der Waals surface area contributed by atoms with E-state index < -0.39 is 11.9 Å². The van der Waals surface area contributed by atoms with Crippen LogP contribution in [0.3, 0.4) is 0 Å². The van der Waals surface area contributed by atoms with Crippen molar-refractivity contribution in [3.8, 4) is 45.6 Å². The number of thiophene rings is 2. The van der Waals surface area contributed by atoms with Gasteiger partial charge in [0.1, 0.15) is 23.1 Å². The monoisotopic (exact) mass is 770 g/mol. The number of hydrogen-bond acceptors (Lipinski definition) is 8. The summed E-state index contributed by atoms with van der Waals surface area (Å²) in [5, 5.41) is 25.7. The first-order valence-electron chi connectivity index (χ1n) is 17.8. The molecule has 0 bridgehead atoms. The van der Waals surface area contributed by atoms with E-state index in [2.05, 4.69) is 61.7 Å². The Bertz CT molecular complexity index is 2480. The first-order valence-corrected chi connectivity index (χ1v) is 19.7. The zero-order chi connectivity index (χ0) is 38.0. The molecule has 55 heavy (non-hydrogen) atoms. The van der Waals surface area contributed by atoms with E-state index in [1.165, 1.54) is 0 Å². The topological polar surface area (TPSA) is 129 Å². The molecule has 4 heterocycles. The molecule has 0 spiro atoms. The summed E-state index contributed by atoms with van der Waals surface area (Å²) in [7, 11) is 0. The Morgan fingerprint density at radius 3 is 1.45 bits per heavy atom. The molecule has 0 aliphatic rings. The minimum atomic E-state index is -0.809. The van der Waals surface area contributed by atoms with Gasteiger partial charge in [-0.25, -0.2) is 9.97 Å². The van der Waals surface area contributed by atoms with Gasteiger partial charge < -0.3 is 19.7 Å². The standard InChI is InChI=1S/C22H20N2O3S.C21H18N2O3S/c25-21(26)8-4-5-12-27-18-9-10-19-20(14-18)24(17-6-2-1-3-7-17)22(23-19)16-11-13-28-15-16;24-20(25)7-4-11-26-17-8-9-18-19(13-17)23(16-5-2-1-3-6-16)21(22-18)15-10-12-27-14-15/h1-3,6-7,9-11,13-15H,4-5,8,12H2,(H,25,26);1-3,5-6,8-10,12-14H,4,7,11H2,(H,24,25). The minimum Gasteiger partial charge on any atom is -0.494 e. The van der Waals surface area contributed by atoms with Gasteiger partial charge in [-0.1, -0.05) is 36.4 Å². The quantitative estimate of drug-likeness (QED) is 0.0986. The molecule has 0 radical (unpaired) electrons. The van der Waals surface area contributed by atoms with Crippen molar-refractivity contribution < 1.29 is 29.3 Å². The molecule has 0 fully saturated rings. The second-order valence-electron chi connectivity index (χ2n) is 12.6. The van der Waals surface area contributed by atoms with Gasteiger partial charge in [-0.3, -0.25) is 18.7 Å². The lowest BCUT2D eigenvalue weighted by Gasteiger charge is -2.10. The summed E-state index contributed by atoms with van der Waals surface area (Å²) in [6.07, 6.45) is 2.08. The Labute approximate surface area is 325 Å². The number of aromatic nitrogens is 4. The van der Waals surface area contributed by atoms with Crippen LogP contribution in [0.2, 0.25) is 0 Å². The fraction of sp³-hybridized carbons (Fsp3) is 0.163. The predicted octanol–water partition coefficient (Wildman–Crippen LogP) is 10.4. The van der Waals surface area contributed by atoms with Crippen molar-refractivity contribution in [3.05, 3.63) is 131 Å². The summed E-state index contributed by atoms with van der Waals surface area (Å²) in [6, 6.07) is 36.1. The highest BCUT2D eigenvalue weighted by Crippen LogP contribution is 2.33. The third-order valence-electron chi connectivity index (χ3n) is 8.70. The number of hydrogen-bond donors (Lipinski definition) is 2. The first-order chi connectivity index (χ1) is 26.9. The van der Waals surface area contributed by atoms with Gasteiger partial charge in [-0.2, -0.15) is 22.7 Å². The fourth-order valence-electron chi connectivity index (χ4n) is 6.12. The van der Waals surface area contributed by atoms with Crippen molar-refractivity contribution in [1.29, 1.82) is 0 Å². The van der Waals surface area contributed by atoms with Gasteiger partial charge in [-0.05, 0) is 90.7 Å². The molecule has 278 valence electrons. The Hall–Kier alpha value is -6.24. The molecule has 0 saturated carbocycles. The van der Waals surface area contributed by atoms with E-state index in [4.69, 9.17) is 29.7 Å². The molecule has 0 atom stereocenters. The number of carboxylic acids is 2. The molecule has 8 aromatic rings. The number of ether oxygens (including phenoxy) is 2. The molecule has 0 unspecified atom stereocenters. The van der Waals surface area contributed by atoms with Crippen LogP contribution in [0.15, 0.2) is 131 Å². The number of nitrogens with zero attached hydrogens (tertiary/aromatic N) is 4. The minimum absolute atomic E-state index is 0.104. The van der Waals surface area contributed by atoms with E-state index in [1.54, 1.807) is 22.7 Å². The van der Waals surface area contributed by atoms with E-state index in [1.807, 2.05) is 78.2 Å². The smallest absolute Gasteiger partial charge is 0.303 e. The Morgan fingerprint density at radius 2 is 1.02 bits per heavy atom. The number of rotatable bonds is 15. The molecule has 0 aliphatic carbocycles. The molecular weight excluding hydrogens is 733 g/mol. The summed E-state index contributed by atoms with van der Waals surface area (Å²) in [5.41, 5.74) is 7.97. The molecule has 10 nitrogen and oxygen atoms in total. The average molecular weight is 771 g/mol. The van der Waals surface area contributed by atoms with Gasteiger partial charge in [0.15, 0.2) is 0 Å². The fourth-order valence-corrected chi connectivity index (χ4v) is 7.39. The van der Waals surface area contributed by atoms with E-state index in [0.717, 1.165) is 62.0 Å². The van der Waals surface area contributed by atoms with Crippen LogP contribution in [-0.2, 0) is 9.59 Å². The molecule has 0 saturated heterocycles. The maximum atomic E-state index is 10.6. The number of aliphatic carboxylic acids is 2. The maximum Gasteiger partial charge on any atom is 0.303 e. The van der Waals surface area contributed by atoms with Crippen LogP contribution in [0.1, 0.15) is 32.1 Å². The van der Waals surface area contributed by atoms with Gasteiger partial charge in [-0.15, -0.1) is 0 Å². The van der Waals surface area contributed by atoms with Crippen molar-refractivity contribution in [2.24, 2.45) is 0 Å². The van der Waals surface area contributed by atoms with Crippen LogP contribution < -0.4 is 9.47 Å². The van der Waals surface area contributed by atoms with Crippen LogP contribution in [0.4, 0.5) is 0 Å². The van der Waals surface area contributed by atoms with Crippen LogP contribution >= 0.6 is 22.7 Å². The second kappa shape index (κ2) is 17.7. The van der Waals surface area contributed by atoms with E-state index in [0.29, 0.717) is 38.2 Å². The first kappa shape index (κ1) is 37.1. The normalized spacial score (nSPS) is 11.0. The van der Waals surface area contributed by atoms with Crippen molar-refractivity contribution in [2.75, 3.05) is 13.2 Å². The zero-order valence-corrected chi connectivity index (χ0v) is 31.4. The number of benzene rings is 4. The molecule has 4 aromatic carbocycles. The summed E-state index contributed by atoms with van der Waals surface area (Å²) in [4.78, 5) is 30.9. The lowest BCUT2D eigenvalue weighted by atomic mass is 10.2. The van der Waals surface area contributed by atoms with Gasteiger partial charge in [0.2, 0.25) is 0 Å². The summed E-state index contributed by atoms with van der Waals surface area (Å²) in [6.45, 7) is 0.865. The van der Waals surface area contributed by atoms with E-state index >= 15 is 0 Å². The highest BCUT2D eigenvalue weighted by Gasteiger charge is 2.17. The predicted molar refractivity (Wildman–Crippen MR) is 218 cm³/mol. The second-order valence-corrected chi connectivity index (χ2v) is 14.1. The van der Waals surface area contributed by atoms with Crippen LogP contribution in [-0.4, -0.2) is 54.5 Å². The lowest BCUT2D eigenvalue weighted by molar-refractivity contribution is -0.138. The Balaban J connectivity index is 0.000000169. The molecule has 0 aliphatic heterocycles. The SMILES string of the molecule is O=C(O)CCCCOc1ccc2nc(-c3ccsc3)n(-c3ccccc3)c2c1.O=C(O)CCCOc1ccc2nc(-c3ccsc3)n(-c3ccccc3)c2c1. The molecule has 0 amide bonds. The largest absolute Gasteiger partial charge is 0.494 e. The van der Waals surface area contributed by atoms with Crippen molar-refractivity contribution in [3.63, 3.8) is 0 Å². The van der Waals surface area contributed by atoms with Crippen LogP contribution in [0.5, 0.6) is 11.5 Å². The van der Waals surface area contributed by atoms with Crippen molar-refractivity contribution in [1.82, 2.24) is 19.1 Å². The molecular formula is C43H38N4O6S2. The highest BCUT2D eigenvalue weighted by molar-refractivity contribution is 7.08. The lowest BCUT2D eigenvalue weighted by Crippen LogP contribution is -2.02. The van der Waals surface area contributed by atoms with Crippen molar-refractivity contribution >= 4 is 56.7 Å². The third kappa shape index (κ3) is 9.11. The molecule has 12 heteroatoms. The van der Waals surface area contributed by atoms with Gasteiger partial charge in [0.05, 0.1) is 35.3 Å². The number of unbranched alkanes of at least 4 members (excludes halogenated alkanes) is 1. The summed E-state index contributed by atoms with van der Waals surface area (Å²) in [5.74, 6) is 1.69. The Kier molecular flexibility index (Phi) is 12.0. The maximum absolute atomic E-state index is 10.6. The van der Waals surface area contributed by atoms with Crippen LogP contribution in [0, 0.1) is 0 Å². The molecule has 4 aromatic heterocycles. The number of imidazole rings is 2. The molecule has 8 rings (SSSR count). The molecule has 2 N–H and O–H groups in total. The van der Waals surface area contributed by atoms with Gasteiger partial charge in [0.25, 0.3) is 0 Å². The van der Waals surface area contributed by atoms with Gasteiger partial charge >= 0.3 is 11.9 Å². The highest BCUT2D eigenvalue weighted by atomic mass is 32.1. The third-order valence-corrected chi connectivity index (χ3v) is 10.1. The van der Waals surface area contributed by atoms with E-state index in [-0.39, 0.29) is 12.8 Å². The summed E-state index contributed by atoms with van der Waals surface area (Å²) < 4.78 is 15.9. The number of fused-ring (bicyclic) bond motifs is 2.